The quantitative estimate of drug-likeness (QED) is 0.810. The first-order valence-electron chi connectivity index (χ1n) is 5.91. The first kappa shape index (κ1) is 14.8. The highest BCUT2D eigenvalue weighted by molar-refractivity contribution is 5.99. The van der Waals surface area contributed by atoms with Crippen LogP contribution in [0.5, 0.6) is 0 Å². The molecule has 19 heavy (non-hydrogen) atoms. The molecule has 1 unspecified atom stereocenters. The Morgan fingerprint density at radius 3 is 2.26 bits per heavy atom. The standard InChI is InChI=1S/C15H17NO3/c1-5-6-12(15(18)19)16-14(17)13-10(3)7-9(2)8-11(13)4/h1,7-8,12H,6H2,2-4H3,(H,16,17)(H,18,19). The smallest absolute Gasteiger partial charge is 0.327 e. The van der Waals surface area contributed by atoms with Gasteiger partial charge in [-0.25, -0.2) is 4.79 Å². The van der Waals surface area contributed by atoms with Crippen LogP contribution in [0.1, 0.15) is 33.5 Å². The Balaban J connectivity index is 3.02. The Bertz CT molecular complexity index is 532. The third-order valence-electron chi connectivity index (χ3n) is 2.83. The van der Waals surface area contributed by atoms with Gasteiger partial charge >= 0.3 is 5.97 Å². The fraction of sp³-hybridized carbons (Fsp3) is 0.333. The van der Waals surface area contributed by atoms with Gasteiger partial charge in [-0.1, -0.05) is 17.7 Å². The van der Waals surface area contributed by atoms with Crippen molar-refractivity contribution in [3.05, 3.63) is 34.4 Å². The second-order valence-electron chi connectivity index (χ2n) is 4.55. The van der Waals surface area contributed by atoms with Crippen molar-refractivity contribution in [1.82, 2.24) is 5.32 Å². The Labute approximate surface area is 112 Å². The molecule has 0 aromatic heterocycles. The van der Waals surface area contributed by atoms with Crippen LogP contribution in [0.25, 0.3) is 0 Å². The zero-order chi connectivity index (χ0) is 14.6. The molecule has 0 spiro atoms. The van der Waals surface area contributed by atoms with Gasteiger partial charge < -0.3 is 10.4 Å². The molecule has 0 fully saturated rings. The van der Waals surface area contributed by atoms with Crippen molar-refractivity contribution >= 4 is 11.9 Å². The van der Waals surface area contributed by atoms with Crippen molar-refractivity contribution in [2.45, 2.75) is 33.2 Å². The minimum Gasteiger partial charge on any atom is -0.480 e. The lowest BCUT2D eigenvalue weighted by Gasteiger charge is -2.15. The molecule has 2 N–H and O–H groups in total. The van der Waals surface area contributed by atoms with Gasteiger partial charge in [-0.15, -0.1) is 12.3 Å². The largest absolute Gasteiger partial charge is 0.480 e. The molecule has 0 aliphatic carbocycles. The van der Waals surface area contributed by atoms with E-state index in [0.717, 1.165) is 16.7 Å². The highest BCUT2D eigenvalue weighted by atomic mass is 16.4. The van der Waals surface area contributed by atoms with Crippen molar-refractivity contribution in [1.29, 1.82) is 0 Å². The Kier molecular flexibility index (Phi) is 4.71. The zero-order valence-corrected chi connectivity index (χ0v) is 11.3. The van der Waals surface area contributed by atoms with Crippen molar-refractivity contribution in [2.24, 2.45) is 0 Å². The van der Waals surface area contributed by atoms with Gasteiger partial charge in [0.25, 0.3) is 5.91 Å². The normalized spacial score (nSPS) is 11.5. The molecule has 0 saturated heterocycles. The lowest BCUT2D eigenvalue weighted by Crippen LogP contribution is -2.41. The summed E-state index contributed by atoms with van der Waals surface area (Å²) in [5, 5.41) is 11.4. The maximum absolute atomic E-state index is 12.1. The SMILES string of the molecule is C#CCC(NC(=O)c1c(C)cc(C)cc1C)C(=O)O. The molecule has 1 amide bonds. The molecular formula is C15H17NO3. The van der Waals surface area contributed by atoms with Crippen molar-refractivity contribution in [3.8, 4) is 12.3 Å². The van der Waals surface area contributed by atoms with Gasteiger partial charge in [0.2, 0.25) is 0 Å². The van der Waals surface area contributed by atoms with Gasteiger partial charge in [0.1, 0.15) is 6.04 Å². The van der Waals surface area contributed by atoms with Crippen LogP contribution in [0.15, 0.2) is 12.1 Å². The second-order valence-corrected chi connectivity index (χ2v) is 4.55. The van der Waals surface area contributed by atoms with E-state index < -0.39 is 17.9 Å². The molecule has 0 saturated carbocycles. The molecule has 0 radical (unpaired) electrons. The monoisotopic (exact) mass is 259 g/mol. The Morgan fingerprint density at radius 2 is 1.84 bits per heavy atom. The summed E-state index contributed by atoms with van der Waals surface area (Å²) in [6.45, 7) is 5.60. The number of rotatable bonds is 4. The first-order chi connectivity index (χ1) is 8.86. The average molecular weight is 259 g/mol. The minimum atomic E-state index is -1.13. The van der Waals surface area contributed by atoms with Crippen LogP contribution in [0.4, 0.5) is 0 Å². The van der Waals surface area contributed by atoms with Crippen molar-refractivity contribution in [2.75, 3.05) is 0 Å². The maximum atomic E-state index is 12.1. The maximum Gasteiger partial charge on any atom is 0.327 e. The van der Waals surface area contributed by atoms with Crippen LogP contribution in [-0.2, 0) is 4.79 Å². The number of terminal acetylenes is 1. The average Bonchev–Trinajstić information content (AvgIpc) is 2.26. The number of hydrogen-bond acceptors (Lipinski definition) is 2. The number of aryl methyl sites for hydroxylation is 3. The Hall–Kier alpha value is -2.28. The topological polar surface area (TPSA) is 66.4 Å². The van der Waals surface area contributed by atoms with E-state index in [2.05, 4.69) is 11.2 Å². The molecule has 100 valence electrons. The summed E-state index contributed by atoms with van der Waals surface area (Å²) in [4.78, 5) is 23.1. The molecule has 0 aliphatic heterocycles. The number of carbonyl (C=O) groups excluding carboxylic acids is 1. The number of carbonyl (C=O) groups is 2. The number of hydrogen-bond donors (Lipinski definition) is 2. The molecule has 1 atom stereocenters. The van der Waals surface area contributed by atoms with Gasteiger partial charge in [0.05, 0.1) is 0 Å². The highest BCUT2D eigenvalue weighted by Crippen LogP contribution is 2.16. The number of carboxylic acids is 1. The van der Waals surface area contributed by atoms with E-state index in [1.54, 1.807) is 0 Å². The molecule has 1 aromatic rings. The third kappa shape index (κ3) is 3.59. The van der Waals surface area contributed by atoms with E-state index in [0.29, 0.717) is 5.56 Å². The van der Waals surface area contributed by atoms with E-state index in [9.17, 15) is 9.59 Å². The molecule has 1 rings (SSSR count). The molecule has 0 aliphatic rings. The summed E-state index contributed by atoms with van der Waals surface area (Å²) >= 11 is 0. The fourth-order valence-electron chi connectivity index (χ4n) is 2.09. The lowest BCUT2D eigenvalue weighted by molar-refractivity contribution is -0.139. The van der Waals surface area contributed by atoms with Gasteiger partial charge in [-0.2, -0.15) is 0 Å². The third-order valence-corrected chi connectivity index (χ3v) is 2.83. The van der Waals surface area contributed by atoms with Crippen LogP contribution in [-0.4, -0.2) is 23.0 Å². The summed E-state index contributed by atoms with van der Waals surface area (Å²) in [6, 6.07) is 2.72. The summed E-state index contributed by atoms with van der Waals surface area (Å²) in [6.07, 6.45) is 5.06. The van der Waals surface area contributed by atoms with Crippen LogP contribution in [0.3, 0.4) is 0 Å². The summed E-state index contributed by atoms with van der Waals surface area (Å²) in [5.74, 6) is 0.713. The van der Waals surface area contributed by atoms with Crippen LogP contribution in [0, 0.1) is 33.1 Å². The predicted octanol–water partition coefficient (Wildman–Crippen LogP) is 1.82. The van der Waals surface area contributed by atoms with E-state index in [4.69, 9.17) is 11.5 Å². The molecule has 4 heteroatoms. The fourth-order valence-corrected chi connectivity index (χ4v) is 2.09. The Morgan fingerprint density at radius 1 is 1.32 bits per heavy atom. The zero-order valence-electron chi connectivity index (χ0n) is 11.3. The predicted molar refractivity (Wildman–Crippen MR) is 73.0 cm³/mol. The highest BCUT2D eigenvalue weighted by Gasteiger charge is 2.21. The number of aliphatic carboxylic acids is 1. The summed E-state index contributed by atoms with van der Waals surface area (Å²) in [5.41, 5.74) is 3.21. The molecule has 1 aromatic carbocycles. The molecular weight excluding hydrogens is 242 g/mol. The first-order valence-corrected chi connectivity index (χ1v) is 5.91. The van der Waals surface area contributed by atoms with Gasteiger partial charge in [0.15, 0.2) is 0 Å². The molecule has 4 nitrogen and oxygen atoms in total. The van der Waals surface area contributed by atoms with E-state index in [1.807, 2.05) is 32.9 Å². The van der Waals surface area contributed by atoms with E-state index in [-0.39, 0.29) is 6.42 Å². The minimum absolute atomic E-state index is 0.0367. The molecule has 0 bridgehead atoms. The van der Waals surface area contributed by atoms with Crippen molar-refractivity contribution in [3.63, 3.8) is 0 Å². The summed E-state index contributed by atoms with van der Waals surface area (Å²) < 4.78 is 0. The van der Waals surface area contributed by atoms with Gasteiger partial charge in [-0.05, 0) is 31.9 Å². The summed E-state index contributed by atoms with van der Waals surface area (Å²) in [7, 11) is 0. The number of nitrogens with one attached hydrogen (secondary N) is 1. The number of benzene rings is 1. The molecule has 0 heterocycles. The van der Waals surface area contributed by atoms with Crippen LogP contribution >= 0.6 is 0 Å². The second kappa shape index (κ2) is 6.05. The van der Waals surface area contributed by atoms with Crippen LogP contribution in [0.2, 0.25) is 0 Å². The van der Waals surface area contributed by atoms with Crippen LogP contribution < -0.4 is 5.32 Å². The number of carboxylic acid groups (broad SMARTS) is 1. The van der Waals surface area contributed by atoms with E-state index in [1.165, 1.54) is 0 Å². The number of amides is 1. The lowest BCUT2D eigenvalue weighted by atomic mass is 9.99. The van der Waals surface area contributed by atoms with Crippen molar-refractivity contribution < 1.29 is 14.7 Å². The van der Waals surface area contributed by atoms with E-state index >= 15 is 0 Å². The van der Waals surface area contributed by atoms with Gasteiger partial charge in [-0.3, -0.25) is 4.79 Å². The van der Waals surface area contributed by atoms with Gasteiger partial charge in [0, 0.05) is 12.0 Å².